The van der Waals surface area contributed by atoms with Gasteiger partial charge in [-0.25, -0.2) is 19.3 Å². The van der Waals surface area contributed by atoms with Crippen LogP contribution in [-0.4, -0.2) is 86.6 Å². The van der Waals surface area contributed by atoms with Crippen LogP contribution in [0.4, 0.5) is 16.3 Å². The third-order valence-electron chi connectivity index (χ3n) is 8.45. The number of carbonyl (C=O) groups excluding carboxylic acids is 1. The summed E-state index contributed by atoms with van der Waals surface area (Å²) in [7, 11) is 0. The fraction of sp³-hybridized carbons (Fsp3) is 0.200. The SMILES string of the molecule is O=C(NCc1cccc(O)c1)Nc1cnn(-c2nc(NCC(c3ccccc3)c3ccccc3)c3ncn([C@@H]4O[C@H](C(=O)O)[C@@H](O)[C@H]4O)c3n2)c1. The number of nitrogens with zero attached hydrogens (tertiary/aromatic N) is 6. The van der Waals surface area contributed by atoms with E-state index in [1.165, 1.54) is 34.0 Å². The van der Waals surface area contributed by atoms with Crippen molar-refractivity contribution in [3.05, 3.63) is 120 Å². The maximum atomic E-state index is 12.6. The quantitative estimate of drug-likeness (QED) is 0.104. The zero-order valence-electron chi connectivity index (χ0n) is 26.8. The van der Waals surface area contributed by atoms with E-state index >= 15 is 0 Å². The van der Waals surface area contributed by atoms with E-state index in [9.17, 15) is 30.0 Å². The number of hydrogen-bond acceptors (Lipinski definition) is 11. The Morgan fingerprint density at radius 3 is 2.31 bits per heavy atom. The van der Waals surface area contributed by atoms with Gasteiger partial charge in [-0.1, -0.05) is 72.8 Å². The molecule has 1 aliphatic rings. The van der Waals surface area contributed by atoms with Gasteiger partial charge >= 0.3 is 12.0 Å². The molecule has 0 saturated carbocycles. The Morgan fingerprint density at radius 2 is 1.65 bits per heavy atom. The second-order valence-corrected chi connectivity index (χ2v) is 11.9. The number of aliphatic carboxylic acids is 1. The van der Waals surface area contributed by atoms with Crippen molar-refractivity contribution in [3.63, 3.8) is 0 Å². The molecule has 0 bridgehead atoms. The number of aliphatic hydroxyl groups is 2. The average molecular weight is 692 g/mol. The predicted molar refractivity (Wildman–Crippen MR) is 183 cm³/mol. The lowest BCUT2D eigenvalue weighted by Gasteiger charge is -2.20. The van der Waals surface area contributed by atoms with Gasteiger partial charge in [-0.3, -0.25) is 4.57 Å². The standard InChI is InChI=1S/C35H33N9O7/c45-24-13-7-8-20(14-24)15-37-35(50)40-23-16-39-44(18-23)34-41-30(36-17-25(21-9-3-1-4-10-21)22-11-5-2-6-12-22)26-31(42-34)43(19-38-26)32-28(47)27(46)29(51-32)33(48)49/h1-14,16,18-19,25,27-29,32,45-47H,15,17H2,(H,48,49)(H,36,41,42)(H2,37,40,50)/t27-,28+,29-,32+/m0/s1. The molecular weight excluding hydrogens is 658 g/mol. The minimum absolute atomic E-state index is 0.0544. The lowest BCUT2D eigenvalue weighted by atomic mass is 9.91. The third kappa shape index (κ3) is 7.04. The van der Waals surface area contributed by atoms with Crippen molar-refractivity contribution in [2.24, 2.45) is 0 Å². The van der Waals surface area contributed by atoms with Crippen molar-refractivity contribution >= 4 is 34.7 Å². The number of hydrogen-bond donors (Lipinski definition) is 7. The van der Waals surface area contributed by atoms with E-state index < -0.39 is 36.5 Å². The van der Waals surface area contributed by atoms with Crippen LogP contribution >= 0.6 is 0 Å². The summed E-state index contributed by atoms with van der Waals surface area (Å²) in [6.07, 6.45) is -2.05. The highest BCUT2D eigenvalue weighted by atomic mass is 16.6. The minimum atomic E-state index is -1.69. The van der Waals surface area contributed by atoms with E-state index in [4.69, 9.17) is 9.72 Å². The fourth-order valence-electron chi connectivity index (χ4n) is 5.93. The number of phenols is 1. The summed E-state index contributed by atoms with van der Waals surface area (Å²) >= 11 is 0. The molecule has 1 saturated heterocycles. The number of carbonyl (C=O) groups is 2. The summed E-state index contributed by atoms with van der Waals surface area (Å²) in [5, 5.41) is 53.6. The summed E-state index contributed by atoms with van der Waals surface area (Å²) in [5.41, 5.74) is 3.61. The number of imidazole rings is 1. The summed E-state index contributed by atoms with van der Waals surface area (Å²) in [4.78, 5) is 38.2. The average Bonchev–Trinajstić information content (AvgIpc) is 3.86. The van der Waals surface area contributed by atoms with Crippen LogP contribution in [0.5, 0.6) is 5.75 Å². The molecule has 3 aromatic carbocycles. The molecule has 6 aromatic rings. The van der Waals surface area contributed by atoms with Gasteiger partial charge in [-0.05, 0) is 28.8 Å². The fourth-order valence-corrected chi connectivity index (χ4v) is 5.93. The molecule has 1 fully saturated rings. The van der Waals surface area contributed by atoms with Crippen LogP contribution in [0.1, 0.15) is 28.8 Å². The molecule has 2 amide bonds. The van der Waals surface area contributed by atoms with Crippen LogP contribution in [0.25, 0.3) is 17.1 Å². The Hall–Kier alpha value is -6.36. The van der Waals surface area contributed by atoms with Gasteiger partial charge in [0.2, 0.25) is 0 Å². The number of ether oxygens (including phenoxy) is 1. The molecule has 7 rings (SSSR count). The topological polar surface area (TPSA) is 222 Å². The van der Waals surface area contributed by atoms with Crippen LogP contribution in [-0.2, 0) is 16.1 Å². The molecule has 4 atom stereocenters. The van der Waals surface area contributed by atoms with Gasteiger partial charge in [-0.15, -0.1) is 0 Å². The van der Waals surface area contributed by atoms with E-state index in [-0.39, 0.29) is 29.8 Å². The molecule has 51 heavy (non-hydrogen) atoms. The molecular formula is C35H33N9O7. The van der Waals surface area contributed by atoms with Gasteiger partial charge in [-0.2, -0.15) is 15.1 Å². The first kappa shape index (κ1) is 33.2. The first-order chi connectivity index (χ1) is 24.7. The highest BCUT2D eigenvalue weighted by Crippen LogP contribution is 2.34. The highest BCUT2D eigenvalue weighted by molar-refractivity contribution is 5.89. The van der Waals surface area contributed by atoms with E-state index in [2.05, 4.69) is 31.0 Å². The molecule has 0 aliphatic carbocycles. The number of aromatic nitrogens is 6. The van der Waals surface area contributed by atoms with Gasteiger partial charge in [0.1, 0.15) is 18.0 Å². The van der Waals surface area contributed by atoms with Gasteiger partial charge in [0.15, 0.2) is 29.3 Å². The number of aliphatic hydroxyl groups excluding tert-OH is 2. The first-order valence-corrected chi connectivity index (χ1v) is 16.0. The number of nitrogens with one attached hydrogen (secondary N) is 3. The van der Waals surface area contributed by atoms with Crippen LogP contribution in [0.3, 0.4) is 0 Å². The molecule has 4 heterocycles. The van der Waals surface area contributed by atoms with Crippen LogP contribution < -0.4 is 16.0 Å². The number of aromatic hydroxyl groups is 1. The summed E-state index contributed by atoms with van der Waals surface area (Å²) in [6, 6.07) is 25.9. The molecule has 16 nitrogen and oxygen atoms in total. The number of phenolic OH excluding ortho intramolecular Hbond substituents is 1. The molecule has 0 spiro atoms. The number of rotatable bonds is 11. The van der Waals surface area contributed by atoms with Crippen LogP contribution in [0.15, 0.2) is 104 Å². The Morgan fingerprint density at radius 1 is 0.922 bits per heavy atom. The number of urea groups is 1. The second-order valence-electron chi connectivity index (χ2n) is 11.9. The second kappa shape index (κ2) is 14.2. The molecule has 16 heteroatoms. The van der Waals surface area contributed by atoms with Gasteiger partial charge in [0, 0.05) is 19.0 Å². The smallest absolute Gasteiger partial charge is 0.335 e. The van der Waals surface area contributed by atoms with Crippen molar-refractivity contribution in [1.82, 2.24) is 34.6 Å². The molecule has 0 radical (unpaired) electrons. The first-order valence-electron chi connectivity index (χ1n) is 16.0. The normalized spacial score (nSPS) is 18.6. The zero-order valence-corrected chi connectivity index (χ0v) is 26.8. The van der Waals surface area contributed by atoms with Crippen molar-refractivity contribution in [2.45, 2.75) is 37.0 Å². The Balaban J connectivity index is 1.20. The zero-order chi connectivity index (χ0) is 35.5. The van der Waals surface area contributed by atoms with E-state index in [1.807, 2.05) is 60.7 Å². The lowest BCUT2D eigenvalue weighted by molar-refractivity contribution is -0.155. The Bertz CT molecular complexity index is 2120. The molecule has 7 N–H and O–H groups in total. The number of benzene rings is 3. The third-order valence-corrected chi connectivity index (χ3v) is 8.45. The minimum Gasteiger partial charge on any atom is -0.508 e. The monoisotopic (exact) mass is 691 g/mol. The summed E-state index contributed by atoms with van der Waals surface area (Å²) in [6.45, 7) is 0.562. The Kier molecular flexibility index (Phi) is 9.26. The number of carboxylic acid groups (broad SMARTS) is 1. The van der Waals surface area contributed by atoms with E-state index in [0.717, 1.165) is 11.1 Å². The molecule has 3 aromatic heterocycles. The number of carboxylic acids is 1. The van der Waals surface area contributed by atoms with Crippen LogP contribution in [0, 0.1) is 0 Å². The number of fused-ring (bicyclic) bond motifs is 1. The predicted octanol–water partition coefficient (Wildman–Crippen LogP) is 2.99. The van der Waals surface area contributed by atoms with Gasteiger partial charge in [0.05, 0.1) is 24.4 Å². The van der Waals surface area contributed by atoms with Gasteiger partial charge < -0.3 is 41.1 Å². The Labute approximate surface area is 290 Å². The highest BCUT2D eigenvalue weighted by Gasteiger charge is 2.48. The van der Waals surface area contributed by atoms with Crippen molar-refractivity contribution in [3.8, 4) is 11.7 Å². The van der Waals surface area contributed by atoms with E-state index in [0.29, 0.717) is 29.1 Å². The van der Waals surface area contributed by atoms with Crippen LogP contribution in [0.2, 0.25) is 0 Å². The summed E-state index contributed by atoms with van der Waals surface area (Å²) < 4.78 is 8.23. The van der Waals surface area contributed by atoms with Crippen molar-refractivity contribution in [1.29, 1.82) is 0 Å². The maximum Gasteiger partial charge on any atom is 0.335 e. The van der Waals surface area contributed by atoms with E-state index in [1.54, 1.807) is 18.2 Å². The lowest BCUT2D eigenvalue weighted by Crippen LogP contribution is -2.35. The van der Waals surface area contributed by atoms with Crippen molar-refractivity contribution in [2.75, 3.05) is 17.2 Å². The molecule has 0 unspecified atom stereocenters. The number of anilines is 2. The summed E-state index contributed by atoms with van der Waals surface area (Å²) in [5.74, 6) is -1.07. The molecule has 1 aliphatic heterocycles. The van der Waals surface area contributed by atoms with Gasteiger partial charge in [0.25, 0.3) is 5.95 Å². The van der Waals surface area contributed by atoms with Crippen molar-refractivity contribution < 1.29 is 34.8 Å². The molecule has 260 valence electrons. The largest absolute Gasteiger partial charge is 0.508 e. The maximum absolute atomic E-state index is 12.6. The number of amides is 2.